The van der Waals surface area contributed by atoms with Gasteiger partial charge in [-0.3, -0.25) is 0 Å². The van der Waals surface area contributed by atoms with Gasteiger partial charge >= 0.3 is 6.09 Å². The molecule has 0 bridgehead atoms. The first-order valence-corrected chi connectivity index (χ1v) is 6.31. The summed E-state index contributed by atoms with van der Waals surface area (Å²) >= 11 is 0. The Morgan fingerprint density at radius 1 is 1.39 bits per heavy atom. The summed E-state index contributed by atoms with van der Waals surface area (Å²) in [5.74, 6) is 0. The fourth-order valence-corrected chi connectivity index (χ4v) is 2.23. The smallest absolute Gasteiger partial charge is 0.410 e. The van der Waals surface area contributed by atoms with Crippen LogP contribution in [0.15, 0.2) is 30.3 Å². The molecule has 1 aromatic carbocycles. The van der Waals surface area contributed by atoms with E-state index in [0.29, 0.717) is 13.1 Å². The first-order chi connectivity index (χ1) is 8.63. The van der Waals surface area contributed by atoms with Gasteiger partial charge in [-0.1, -0.05) is 43.7 Å². The standard InChI is InChI=1S/C14H19NO3/c1-2-8-14(17)10-15(11-14)13(16)18-9-12-6-4-3-5-7-12/h3-7,17H,2,8-11H2,1H3. The molecule has 4 heteroatoms. The van der Waals surface area contributed by atoms with Gasteiger partial charge in [-0.25, -0.2) is 4.79 Å². The lowest BCUT2D eigenvalue weighted by atomic mass is 9.90. The third-order valence-corrected chi connectivity index (χ3v) is 3.15. The van der Waals surface area contributed by atoms with E-state index >= 15 is 0 Å². The molecule has 0 aliphatic carbocycles. The van der Waals surface area contributed by atoms with Gasteiger partial charge < -0.3 is 14.7 Å². The van der Waals surface area contributed by atoms with Gasteiger partial charge in [-0.2, -0.15) is 0 Å². The van der Waals surface area contributed by atoms with Crippen molar-refractivity contribution < 1.29 is 14.6 Å². The molecule has 4 nitrogen and oxygen atoms in total. The maximum absolute atomic E-state index is 11.7. The molecule has 1 fully saturated rings. The zero-order valence-electron chi connectivity index (χ0n) is 10.6. The Balaban J connectivity index is 1.74. The Hall–Kier alpha value is -1.55. The van der Waals surface area contributed by atoms with Crippen LogP contribution in [0.2, 0.25) is 0 Å². The highest BCUT2D eigenvalue weighted by Gasteiger charge is 2.43. The van der Waals surface area contributed by atoms with E-state index in [-0.39, 0.29) is 12.7 Å². The Kier molecular flexibility index (Phi) is 3.87. The molecule has 0 aromatic heterocycles. The third-order valence-electron chi connectivity index (χ3n) is 3.15. The van der Waals surface area contributed by atoms with E-state index in [1.807, 2.05) is 37.3 Å². The lowest BCUT2D eigenvalue weighted by molar-refractivity contribution is -0.0942. The van der Waals surface area contributed by atoms with Gasteiger partial charge in [0.05, 0.1) is 18.7 Å². The van der Waals surface area contributed by atoms with Gasteiger partial charge in [0, 0.05) is 0 Å². The number of benzene rings is 1. The topological polar surface area (TPSA) is 49.8 Å². The summed E-state index contributed by atoms with van der Waals surface area (Å²) in [6, 6.07) is 9.57. The quantitative estimate of drug-likeness (QED) is 0.889. The van der Waals surface area contributed by atoms with E-state index in [2.05, 4.69) is 0 Å². The molecular formula is C14H19NO3. The normalized spacial score (nSPS) is 17.1. The molecule has 0 spiro atoms. The number of aliphatic hydroxyl groups is 1. The minimum Gasteiger partial charge on any atom is -0.445 e. The van der Waals surface area contributed by atoms with Crippen molar-refractivity contribution in [3.63, 3.8) is 0 Å². The summed E-state index contributed by atoms with van der Waals surface area (Å²) in [7, 11) is 0. The fraction of sp³-hybridized carbons (Fsp3) is 0.500. The third kappa shape index (κ3) is 3.01. The lowest BCUT2D eigenvalue weighted by Gasteiger charge is -2.45. The molecule has 0 unspecified atom stereocenters. The Labute approximate surface area is 107 Å². The van der Waals surface area contributed by atoms with E-state index in [1.165, 1.54) is 0 Å². The van der Waals surface area contributed by atoms with Crippen LogP contribution < -0.4 is 0 Å². The minimum absolute atomic E-state index is 0.280. The summed E-state index contributed by atoms with van der Waals surface area (Å²) in [4.78, 5) is 13.2. The van der Waals surface area contributed by atoms with Crippen LogP contribution >= 0.6 is 0 Å². The molecule has 1 aliphatic heterocycles. The Morgan fingerprint density at radius 3 is 2.67 bits per heavy atom. The molecule has 0 radical (unpaired) electrons. The highest BCUT2D eigenvalue weighted by Crippen LogP contribution is 2.26. The second kappa shape index (κ2) is 5.40. The van der Waals surface area contributed by atoms with Gasteiger partial charge in [0.15, 0.2) is 0 Å². The number of β-amino-alcohol motifs (C(OH)–C–C–N with tert-alkyl or cyclic N) is 1. The summed E-state index contributed by atoms with van der Waals surface area (Å²) in [5.41, 5.74) is 0.274. The molecule has 0 atom stereocenters. The largest absolute Gasteiger partial charge is 0.445 e. The number of hydrogen-bond donors (Lipinski definition) is 1. The average Bonchev–Trinajstić information content (AvgIpc) is 2.34. The highest BCUT2D eigenvalue weighted by atomic mass is 16.6. The molecule has 1 aliphatic rings. The number of ether oxygens (including phenoxy) is 1. The molecule has 2 rings (SSSR count). The van der Waals surface area contributed by atoms with E-state index in [9.17, 15) is 9.90 Å². The van der Waals surface area contributed by atoms with Crippen LogP contribution in [0.4, 0.5) is 4.79 Å². The predicted molar refractivity (Wildman–Crippen MR) is 68.1 cm³/mol. The van der Waals surface area contributed by atoms with E-state index < -0.39 is 5.60 Å². The van der Waals surface area contributed by atoms with Crippen molar-refractivity contribution >= 4 is 6.09 Å². The number of carbonyl (C=O) groups excluding carboxylic acids is 1. The minimum atomic E-state index is -0.694. The van der Waals surface area contributed by atoms with Crippen molar-refractivity contribution in [2.24, 2.45) is 0 Å². The Morgan fingerprint density at radius 2 is 2.06 bits per heavy atom. The fourth-order valence-electron chi connectivity index (χ4n) is 2.23. The zero-order valence-corrected chi connectivity index (χ0v) is 10.6. The van der Waals surface area contributed by atoms with Crippen LogP contribution in [-0.4, -0.2) is 34.8 Å². The van der Waals surface area contributed by atoms with Crippen molar-refractivity contribution in [1.29, 1.82) is 0 Å². The number of hydrogen-bond acceptors (Lipinski definition) is 3. The predicted octanol–water partition coefficient (Wildman–Crippen LogP) is 2.17. The van der Waals surface area contributed by atoms with Crippen LogP contribution in [0, 0.1) is 0 Å². The second-order valence-corrected chi connectivity index (χ2v) is 4.87. The first kappa shape index (κ1) is 12.9. The van der Waals surface area contributed by atoms with Crippen molar-refractivity contribution in [1.82, 2.24) is 4.90 Å². The van der Waals surface area contributed by atoms with Crippen molar-refractivity contribution in [2.45, 2.75) is 32.0 Å². The van der Waals surface area contributed by atoms with Crippen molar-refractivity contribution in [2.75, 3.05) is 13.1 Å². The maximum atomic E-state index is 11.7. The summed E-state index contributed by atoms with van der Waals surface area (Å²) in [6.45, 7) is 3.07. The van der Waals surface area contributed by atoms with Gasteiger partial charge in [-0.15, -0.1) is 0 Å². The van der Waals surface area contributed by atoms with Crippen LogP contribution in [0.5, 0.6) is 0 Å². The van der Waals surface area contributed by atoms with Gasteiger partial charge in [-0.05, 0) is 12.0 Å². The van der Waals surface area contributed by atoms with Crippen molar-refractivity contribution in [3.05, 3.63) is 35.9 Å². The van der Waals surface area contributed by atoms with Crippen LogP contribution in [-0.2, 0) is 11.3 Å². The molecule has 1 amide bonds. The van der Waals surface area contributed by atoms with Crippen LogP contribution in [0.3, 0.4) is 0 Å². The number of rotatable bonds is 4. The molecular weight excluding hydrogens is 230 g/mol. The molecule has 98 valence electrons. The summed E-state index contributed by atoms with van der Waals surface area (Å²) in [5, 5.41) is 9.97. The first-order valence-electron chi connectivity index (χ1n) is 6.31. The monoisotopic (exact) mass is 249 g/mol. The number of amides is 1. The summed E-state index contributed by atoms with van der Waals surface area (Å²) in [6.07, 6.45) is 1.30. The van der Waals surface area contributed by atoms with E-state index in [0.717, 1.165) is 18.4 Å². The number of carbonyl (C=O) groups is 1. The molecule has 18 heavy (non-hydrogen) atoms. The molecule has 1 heterocycles. The lowest BCUT2D eigenvalue weighted by Crippen LogP contribution is -2.63. The molecule has 1 saturated heterocycles. The maximum Gasteiger partial charge on any atom is 0.410 e. The van der Waals surface area contributed by atoms with Gasteiger partial charge in [0.25, 0.3) is 0 Å². The van der Waals surface area contributed by atoms with Gasteiger partial charge in [0.2, 0.25) is 0 Å². The van der Waals surface area contributed by atoms with Crippen LogP contribution in [0.1, 0.15) is 25.3 Å². The van der Waals surface area contributed by atoms with Crippen molar-refractivity contribution in [3.8, 4) is 0 Å². The second-order valence-electron chi connectivity index (χ2n) is 4.87. The van der Waals surface area contributed by atoms with E-state index in [1.54, 1.807) is 4.90 Å². The molecule has 1 aromatic rings. The molecule has 1 N–H and O–H groups in total. The Bertz CT molecular complexity index is 399. The summed E-state index contributed by atoms with van der Waals surface area (Å²) < 4.78 is 5.18. The highest BCUT2D eigenvalue weighted by molar-refractivity contribution is 5.69. The zero-order chi connectivity index (χ0) is 13.0. The molecule has 0 saturated carbocycles. The average molecular weight is 249 g/mol. The number of likely N-dealkylation sites (tertiary alicyclic amines) is 1. The van der Waals surface area contributed by atoms with E-state index in [4.69, 9.17) is 4.74 Å². The van der Waals surface area contributed by atoms with Crippen LogP contribution in [0.25, 0.3) is 0 Å². The number of nitrogens with zero attached hydrogens (tertiary/aromatic N) is 1. The van der Waals surface area contributed by atoms with Gasteiger partial charge in [0.1, 0.15) is 6.61 Å². The SMILES string of the molecule is CCCC1(O)CN(C(=O)OCc2ccccc2)C1.